The fourth-order valence-corrected chi connectivity index (χ4v) is 2.49. The van der Waals surface area contributed by atoms with E-state index in [1.165, 1.54) is 11.3 Å². The normalized spacial score (nSPS) is 22.5. The van der Waals surface area contributed by atoms with Crippen molar-refractivity contribution < 1.29 is 0 Å². The molecule has 1 aliphatic rings. The Bertz CT molecular complexity index is 318. The molecule has 0 aromatic rings. The van der Waals surface area contributed by atoms with E-state index in [-0.39, 0.29) is 0 Å². The Morgan fingerprint density at radius 2 is 1.47 bits per heavy atom. The molecule has 0 radical (unpaired) electrons. The lowest BCUT2D eigenvalue weighted by atomic mass is 10.4. The van der Waals surface area contributed by atoms with Crippen LogP contribution in [0.1, 0.15) is 0 Å². The molecule has 1 unspecified atom stereocenters. The van der Waals surface area contributed by atoms with Gasteiger partial charge in [-0.1, -0.05) is 92.8 Å². The van der Waals surface area contributed by atoms with Crippen molar-refractivity contribution in [3.8, 4) is 0 Å². The lowest BCUT2D eigenvalue weighted by Crippen LogP contribution is -2.58. The van der Waals surface area contributed by atoms with Crippen LogP contribution in [0.3, 0.4) is 0 Å². The van der Waals surface area contributed by atoms with E-state index >= 15 is 0 Å². The third-order valence-electron chi connectivity index (χ3n) is 1.93. The maximum atomic E-state index is 5.99. The molecule has 11 heteroatoms. The van der Waals surface area contributed by atoms with Gasteiger partial charge in [0, 0.05) is 7.05 Å². The molecule has 0 aliphatic carbocycles. The van der Waals surface area contributed by atoms with E-state index in [9.17, 15) is 0 Å². The quantitative estimate of drug-likeness (QED) is 0.479. The molecule has 1 rings (SSSR count). The van der Waals surface area contributed by atoms with E-state index in [1.54, 1.807) is 7.05 Å². The van der Waals surface area contributed by atoms with Crippen molar-refractivity contribution >= 4 is 99.1 Å². The molecule has 0 aromatic heterocycles. The van der Waals surface area contributed by atoms with Gasteiger partial charge in [0.05, 0.1) is 0 Å². The Kier molecular flexibility index (Phi) is 5.07. The van der Waals surface area contributed by atoms with Gasteiger partial charge in [-0.15, -0.1) is 0 Å². The average Bonchev–Trinajstić information content (AvgIpc) is 2.44. The summed E-state index contributed by atoms with van der Waals surface area (Å²) in [7, 11) is 1.56. The van der Waals surface area contributed by atoms with Crippen LogP contribution in [0.15, 0.2) is 5.10 Å². The second kappa shape index (κ2) is 5.17. The summed E-state index contributed by atoms with van der Waals surface area (Å²) in [6, 6.07) is 0. The summed E-state index contributed by atoms with van der Waals surface area (Å²) in [6.45, 7) is 0. The zero-order chi connectivity index (χ0) is 13.6. The van der Waals surface area contributed by atoms with Crippen molar-refractivity contribution in [3.05, 3.63) is 0 Å². The number of hydrogen-bond acceptors (Lipinski definition) is 3. The molecule has 0 spiro atoms. The van der Waals surface area contributed by atoms with Crippen LogP contribution in [0, 0.1) is 0 Å². The predicted octanol–water partition coefficient (Wildman–Crippen LogP) is 4.38. The first-order chi connectivity index (χ1) is 7.39. The summed E-state index contributed by atoms with van der Waals surface area (Å²) in [5.74, 6) is 0. The SMILES string of the molecule is CN1N=CN(C(Cl)(Cl)C(Cl)(Cl)Cl)C1C(Cl)(Cl)Cl. The molecule has 1 aliphatic heterocycles. The third-order valence-corrected chi connectivity index (χ3v) is 4.88. The summed E-state index contributed by atoms with van der Waals surface area (Å²) in [4.78, 5) is 1.15. The molecule has 0 bridgehead atoms. The van der Waals surface area contributed by atoms with E-state index in [0.29, 0.717) is 0 Å². The summed E-state index contributed by atoms with van der Waals surface area (Å²) >= 11 is 46.4. The highest BCUT2D eigenvalue weighted by molar-refractivity contribution is 6.75. The number of hydrazone groups is 1. The van der Waals surface area contributed by atoms with Gasteiger partial charge >= 0.3 is 0 Å². The fourth-order valence-electron chi connectivity index (χ4n) is 1.19. The number of nitrogens with zero attached hydrogens (tertiary/aromatic N) is 3. The molecule has 0 fully saturated rings. The largest absolute Gasteiger partial charge is 0.300 e. The van der Waals surface area contributed by atoms with Crippen LogP contribution in [0.5, 0.6) is 0 Å². The van der Waals surface area contributed by atoms with Gasteiger partial charge in [-0.25, -0.2) is 0 Å². The van der Waals surface area contributed by atoms with Crippen LogP contribution in [-0.2, 0) is 0 Å². The molecule has 1 atom stereocenters. The van der Waals surface area contributed by atoms with Gasteiger partial charge in [-0.05, 0) is 0 Å². The molecule has 0 saturated carbocycles. The molecular weight excluding hydrogens is 398 g/mol. The number of hydrogen-bond donors (Lipinski definition) is 0. The summed E-state index contributed by atoms with van der Waals surface area (Å²) in [5.41, 5.74) is 0. The molecule has 17 heavy (non-hydrogen) atoms. The third kappa shape index (κ3) is 3.38. The Morgan fingerprint density at radius 3 is 1.82 bits per heavy atom. The predicted molar refractivity (Wildman–Crippen MR) is 76.9 cm³/mol. The van der Waals surface area contributed by atoms with Crippen LogP contribution in [0.25, 0.3) is 0 Å². The average molecular weight is 403 g/mol. The first kappa shape index (κ1) is 16.6. The summed E-state index contributed by atoms with van der Waals surface area (Å²) in [5, 5.41) is 5.22. The lowest BCUT2D eigenvalue weighted by molar-refractivity contribution is 0.143. The van der Waals surface area contributed by atoms with Crippen LogP contribution < -0.4 is 0 Å². The number of alkyl halides is 8. The van der Waals surface area contributed by atoms with Gasteiger partial charge in [-0.3, -0.25) is 9.91 Å². The minimum absolute atomic E-state index is 0.905. The molecule has 0 saturated heterocycles. The van der Waals surface area contributed by atoms with Crippen LogP contribution in [0.2, 0.25) is 0 Å². The molecule has 0 amide bonds. The Labute approximate surface area is 138 Å². The van der Waals surface area contributed by atoms with E-state index in [2.05, 4.69) is 5.10 Å². The van der Waals surface area contributed by atoms with Crippen molar-refractivity contribution in [2.24, 2.45) is 5.10 Å². The standard InChI is InChI=1S/C6H5Cl8N3/c1-16-3(4(7,8)9)17(2-15-16)6(13,14)5(10,11)12/h2-3H,1H3. The lowest BCUT2D eigenvalue weighted by Gasteiger charge is -2.42. The maximum Gasteiger partial charge on any atom is 0.241 e. The second-order valence-electron chi connectivity index (χ2n) is 3.17. The molecule has 3 nitrogen and oxygen atoms in total. The van der Waals surface area contributed by atoms with Gasteiger partial charge in [0.1, 0.15) is 6.34 Å². The zero-order valence-corrected chi connectivity index (χ0v) is 14.1. The number of rotatable bonds is 1. The summed E-state index contributed by atoms with van der Waals surface area (Å²) in [6.07, 6.45) is 0.326. The fraction of sp³-hybridized carbons (Fsp3) is 0.833. The highest BCUT2D eigenvalue weighted by atomic mass is 35.6. The maximum absolute atomic E-state index is 5.99. The van der Waals surface area contributed by atoms with Gasteiger partial charge in [0.25, 0.3) is 0 Å². The minimum Gasteiger partial charge on any atom is -0.300 e. The zero-order valence-electron chi connectivity index (χ0n) is 8.02. The van der Waals surface area contributed by atoms with Gasteiger partial charge in [-0.2, -0.15) is 5.10 Å². The molecule has 1 heterocycles. The van der Waals surface area contributed by atoms with Crippen molar-refractivity contribution in [1.29, 1.82) is 0 Å². The van der Waals surface area contributed by atoms with Gasteiger partial charge in [0.15, 0.2) is 6.17 Å². The monoisotopic (exact) mass is 399 g/mol. The molecule has 0 N–H and O–H groups in total. The van der Waals surface area contributed by atoms with Crippen molar-refractivity contribution in [2.45, 2.75) is 18.2 Å². The Morgan fingerprint density at radius 1 is 1.00 bits per heavy atom. The van der Waals surface area contributed by atoms with Crippen LogP contribution in [-0.4, -0.2) is 41.5 Å². The van der Waals surface area contributed by atoms with Crippen molar-refractivity contribution in [1.82, 2.24) is 9.91 Å². The molecular formula is C6H5Cl8N3. The van der Waals surface area contributed by atoms with Crippen molar-refractivity contribution in [2.75, 3.05) is 7.05 Å². The first-order valence-corrected chi connectivity index (χ1v) is 6.98. The highest BCUT2D eigenvalue weighted by Crippen LogP contribution is 2.51. The topological polar surface area (TPSA) is 18.8 Å². The van der Waals surface area contributed by atoms with Crippen molar-refractivity contribution in [3.63, 3.8) is 0 Å². The van der Waals surface area contributed by atoms with E-state index < -0.39 is 18.2 Å². The van der Waals surface area contributed by atoms with E-state index in [4.69, 9.17) is 92.8 Å². The minimum atomic E-state index is -2.03. The van der Waals surface area contributed by atoms with Crippen LogP contribution >= 0.6 is 92.8 Å². The Balaban J connectivity index is 3.10. The Hall–Kier alpha value is 1.59. The summed E-state index contributed by atoms with van der Waals surface area (Å²) < 4.78 is -5.72. The van der Waals surface area contributed by atoms with E-state index in [1.807, 2.05) is 0 Å². The van der Waals surface area contributed by atoms with Gasteiger partial charge in [0.2, 0.25) is 12.0 Å². The first-order valence-electron chi connectivity index (χ1n) is 3.95. The van der Waals surface area contributed by atoms with Crippen LogP contribution in [0.4, 0.5) is 0 Å². The van der Waals surface area contributed by atoms with E-state index in [0.717, 1.165) is 4.90 Å². The highest BCUT2D eigenvalue weighted by Gasteiger charge is 2.57. The smallest absolute Gasteiger partial charge is 0.241 e. The number of halogens is 8. The molecule has 100 valence electrons. The molecule has 0 aromatic carbocycles. The van der Waals surface area contributed by atoms with Gasteiger partial charge < -0.3 is 0 Å². The second-order valence-corrected chi connectivity index (χ2v) is 9.10.